The molecule has 0 spiro atoms. The lowest BCUT2D eigenvalue weighted by Gasteiger charge is -2.28. The topological polar surface area (TPSA) is 38.4 Å². The molecule has 2 nitrogen and oxygen atoms in total. The normalized spacial score (nSPS) is 31.0. The Balaban J connectivity index is 1.77. The first-order chi connectivity index (χ1) is 8.76. The van der Waals surface area contributed by atoms with E-state index in [9.17, 15) is 0 Å². The highest BCUT2D eigenvalue weighted by molar-refractivity contribution is 8.15. The van der Waals surface area contributed by atoms with Crippen LogP contribution in [0.3, 0.4) is 0 Å². The van der Waals surface area contributed by atoms with Gasteiger partial charge in [-0.05, 0) is 44.7 Å². The third kappa shape index (κ3) is 2.34. The van der Waals surface area contributed by atoms with Crippen LogP contribution in [0.15, 0.2) is 29.3 Å². The van der Waals surface area contributed by atoms with Crippen LogP contribution in [-0.2, 0) is 0 Å². The minimum atomic E-state index is 0.535. The Labute approximate surface area is 113 Å². The van der Waals surface area contributed by atoms with Gasteiger partial charge in [0.25, 0.3) is 0 Å². The van der Waals surface area contributed by atoms with Gasteiger partial charge in [-0.15, -0.1) is 11.8 Å². The summed E-state index contributed by atoms with van der Waals surface area (Å²) in [6.07, 6.45) is 3.71. The Kier molecular flexibility index (Phi) is 3.44. The fourth-order valence-corrected chi connectivity index (χ4v) is 4.40. The van der Waals surface area contributed by atoms with Crippen molar-refractivity contribution in [3.05, 3.63) is 35.4 Å². The van der Waals surface area contributed by atoms with Crippen LogP contribution in [0.4, 0.5) is 0 Å². The molecule has 1 aromatic rings. The van der Waals surface area contributed by atoms with Crippen LogP contribution in [0.1, 0.15) is 30.4 Å². The largest absolute Gasteiger partial charge is 0.330 e. The van der Waals surface area contributed by atoms with Gasteiger partial charge in [0.15, 0.2) is 0 Å². The monoisotopic (exact) mass is 260 g/mol. The van der Waals surface area contributed by atoms with Crippen molar-refractivity contribution in [1.29, 1.82) is 0 Å². The first kappa shape index (κ1) is 12.2. The molecule has 1 aromatic carbocycles. The summed E-state index contributed by atoms with van der Waals surface area (Å²) in [5, 5.41) is 1.91. The average Bonchev–Trinajstić information content (AvgIpc) is 2.81. The Morgan fingerprint density at radius 3 is 3.06 bits per heavy atom. The molecular weight excluding hydrogens is 240 g/mol. The Morgan fingerprint density at radius 1 is 1.39 bits per heavy atom. The van der Waals surface area contributed by atoms with Crippen LogP contribution < -0.4 is 5.73 Å². The third-order valence-electron chi connectivity index (χ3n) is 4.01. The molecule has 1 saturated carbocycles. The van der Waals surface area contributed by atoms with Crippen molar-refractivity contribution in [3.63, 3.8) is 0 Å². The van der Waals surface area contributed by atoms with Gasteiger partial charge in [0, 0.05) is 10.8 Å². The molecule has 96 valence electrons. The van der Waals surface area contributed by atoms with Crippen LogP contribution >= 0.6 is 11.8 Å². The summed E-state index contributed by atoms with van der Waals surface area (Å²) in [6.45, 7) is 2.98. The van der Waals surface area contributed by atoms with E-state index in [1.807, 2.05) is 11.8 Å². The van der Waals surface area contributed by atoms with Gasteiger partial charge < -0.3 is 5.73 Å². The van der Waals surface area contributed by atoms with Gasteiger partial charge in [0.05, 0.1) is 11.1 Å². The summed E-state index contributed by atoms with van der Waals surface area (Å²) in [4.78, 5) is 4.93. The molecule has 0 saturated heterocycles. The number of hydrogen-bond acceptors (Lipinski definition) is 3. The number of rotatable bonds is 2. The molecule has 0 bridgehead atoms. The van der Waals surface area contributed by atoms with E-state index in [-0.39, 0.29) is 0 Å². The van der Waals surface area contributed by atoms with Crippen LogP contribution in [0, 0.1) is 12.8 Å². The zero-order chi connectivity index (χ0) is 12.5. The second kappa shape index (κ2) is 5.06. The summed E-state index contributed by atoms with van der Waals surface area (Å²) >= 11 is 1.97. The predicted octanol–water partition coefficient (Wildman–Crippen LogP) is 2.98. The summed E-state index contributed by atoms with van der Waals surface area (Å²) in [5.41, 5.74) is 8.41. The van der Waals surface area contributed by atoms with Crippen molar-refractivity contribution in [2.45, 2.75) is 37.5 Å². The molecule has 2 N–H and O–H groups in total. The van der Waals surface area contributed by atoms with E-state index in [0.717, 1.165) is 6.54 Å². The summed E-state index contributed by atoms with van der Waals surface area (Å²) < 4.78 is 0. The molecule has 18 heavy (non-hydrogen) atoms. The summed E-state index contributed by atoms with van der Waals surface area (Å²) in [6, 6.07) is 9.22. The molecule has 3 rings (SSSR count). The van der Waals surface area contributed by atoms with Crippen molar-refractivity contribution in [2.75, 3.05) is 6.54 Å². The van der Waals surface area contributed by atoms with E-state index in [0.29, 0.717) is 17.2 Å². The van der Waals surface area contributed by atoms with Gasteiger partial charge in [-0.25, -0.2) is 0 Å². The minimum absolute atomic E-state index is 0.535. The van der Waals surface area contributed by atoms with Crippen molar-refractivity contribution in [3.8, 4) is 0 Å². The second-order valence-corrected chi connectivity index (χ2v) is 6.67. The fourth-order valence-electron chi connectivity index (χ4n) is 2.93. The number of aryl methyl sites for hydroxylation is 1. The van der Waals surface area contributed by atoms with Gasteiger partial charge in [0.1, 0.15) is 0 Å². The minimum Gasteiger partial charge on any atom is -0.330 e. The molecule has 3 heteroatoms. The first-order valence-corrected chi connectivity index (χ1v) is 7.66. The quantitative estimate of drug-likeness (QED) is 0.887. The molecule has 3 atom stereocenters. The molecule has 1 aliphatic carbocycles. The molecule has 0 radical (unpaired) electrons. The highest BCUT2D eigenvalue weighted by Gasteiger charge is 2.35. The Bertz CT molecular complexity index is 469. The molecule has 3 unspecified atom stereocenters. The van der Waals surface area contributed by atoms with Gasteiger partial charge >= 0.3 is 0 Å². The number of nitrogens with zero attached hydrogens (tertiary/aromatic N) is 1. The molecule has 1 heterocycles. The van der Waals surface area contributed by atoms with Crippen molar-refractivity contribution in [1.82, 2.24) is 0 Å². The highest BCUT2D eigenvalue weighted by Crippen LogP contribution is 2.40. The lowest BCUT2D eigenvalue weighted by molar-refractivity contribution is 0.347. The molecule has 2 aliphatic rings. The van der Waals surface area contributed by atoms with E-state index in [2.05, 4.69) is 31.2 Å². The van der Waals surface area contributed by atoms with Crippen LogP contribution in [0.5, 0.6) is 0 Å². The lowest BCUT2D eigenvalue weighted by Crippen LogP contribution is -2.31. The van der Waals surface area contributed by atoms with Gasteiger partial charge in [-0.3, -0.25) is 4.99 Å². The molecular formula is C15H20N2S. The maximum Gasteiger partial charge on any atom is 0.0984 e. The van der Waals surface area contributed by atoms with Crippen LogP contribution in [0.25, 0.3) is 0 Å². The van der Waals surface area contributed by atoms with E-state index >= 15 is 0 Å². The Morgan fingerprint density at radius 2 is 2.28 bits per heavy atom. The average molecular weight is 260 g/mol. The third-order valence-corrected chi connectivity index (χ3v) is 5.38. The van der Waals surface area contributed by atoms with Crippen LogP contribution in [-0.4, -0.2) is 22.9 Å². The number of fused-ring (bicyclic) bond motifs is 1. The van der Waals surface area contributed by atoms with Gasteiger partial charge in [-0.2, -0.15) is 0 Å². The maximum atomic E-state index is 5.80. The SMILES string of the molecule is Cc1cccc(C2=NC3CCC(CN)CC3S2)c1. The van der Waals surface area contributed by atoms with Crippen molar-refractivity contribution < 1.29 is 0 Å². The zero-order valence-electron chi connectivity index (χ0n) is 10.8. The van der Waals surface area contributed by atoms with Crippen molar-refractivity contribution in [2.24, 2.45) is 16.6 Å². The smallest absolute Gasteiger partial charge is 0.0984 e. The number of nitrogens with two attached hydrogens (primary N) is 1. The zero-order valence-corrected chi connectivity index (χ0v) is 11.6. The highest BCUT2D eigenvalue weighted by atomic mass is 32.2. The van der Waals surface area contributed by atoms with Crippen LogP contribution in [0.2, 0.25) is 0 Å². The standard InChI is InChI=1S/C15H20N2S/c1-10-3-2-4-12(7-10)15-17-13-6-5-11(9-16)8-14(13)18-15/h2-4,7,11,13-14H,5-6,8-9,16H2,1H3. The maximum absolute atomic E-state index is 5.80. The van der Waals surface area contributed by atoms with Crippen molar-refractivity contribution >= 4 is 16.8 Å². The molecule has 0 aromatic heterocycles. The number of benzene rings is 1. The second-order valence-electron chi connectivity index (χ2n) is 5.44. The van der Waals surface area contributed by atoms with E-state index in [4.69, 9.17) is 10.7 Å². The predicted molar refractivity (Wildman–Crippen MR) is 79.3 cm³/mol. The number of thioether (sulfide) groups is 1. The van der Waals surface area contributed by atoms with E-state index in [1.54, 1.807) is 0 Å². The Hall–Kier alpha value is -0.800. The molecule has 1 fully saturated rings. The summed E-state index contributed by atoms with van der Waals surface area (Å²) in [5.74, 6) is 0.714. The first-order valence-electron chi connectivity index (χ1n) is 6.78. The molecule has 0 amide bonds. The van der Waals surface area contributed by atoms with E-state index < -0.39 is 0 Å². The van der Waals surface area contributed by atoms with E-state index in [1.165, 1.54) is 35.4 Å². The van der Waals surface area contributed by atoms with Gasteiger partial charge in [0.2, 0.25) is 0 Å². The fraction of sp³-hybridized carbons (Fsp3) is 0.533. The van der Waals surface area contributed by atoms with Gasteiger partial charge in [-0.1, -0.05) is 23.8 Å². The lowest BCUT2D eigenvalue weighted by atomic mass is 9.86. The summed E-state index contributed by atoms with van der Waals surface area (Å²) in [7, 11) is 0. The number of aliphatic imine (C=N–C) groups is 1. The number of hydrogen-bond donors (Lipinski definition) is 1. The molecule has 1 aliphatic heterocycles.